The Morgan fingerprint density at radius 2 is 1.04 bits per heavy atom. The number of fused-ring (bicyclic) bond motifs is 3. The molecule has 0 bridgehead atoms. The Morgan fingerprint density at radius 1 is 0.556 bits per heavy atom. The van der Waals surface area contributed by atoms with Crippen molar-refractivity contribution in [3.63, 3.8) is 0 Å². The zero-order chi connectivity index (χ0) is 30.3. The lowest BCUT2D eigenvalue weighted by Gasteiger charge is -2.59. The molecule has 4 nitrogen and oxygen atoms in total. The fourth-order valence-electron chi connectivity index (χ4n) is 7.06. The van der Waals surface area contributed by atoms with Gasteiger partial charge in [-0.05, 0) is 78.7 Å². The van der Waals surface area contributed by atoms with Gasteiger partial charge in [0, 0.05) is 24.5 Å². The van der Waals surface area contributed by atoms with Gasteiger partial charge in [-0.3, -0.25) is 0 Å². The van der Waals surface area contributed by atoms with Gasteiger partial charge in [-0.25, -0.2) is 4.90 Å². The molecule has 2 aliphatic heterocycles. The van der Waals surface area contributed by atoms with Crippen molar-refractivity contribution in [2.45, 2.75) is 25.9 Å². The van der Waals surface area contributed by atoms with E-state index in [-0.39, 0.29) is 0 Å². The average molecular weight is 604 g/mol. The average Bonchev–Trinajstić information content (AvgIpc) is 3.10. The van der Waals surface area contributed by atoms with E-state index in [9.17, 15) is 0 Å². The molecule has 1 unspecified atom stereocenters. The van der Waals surface area contributed by atoms with Crippen LogP contribution in [0.4, 0.5) is 17.1 Å². The Labute approximate surface area is 266 Å². The Bertz CT molecular complexity index is 1830. The number of nitrogens with zero attached hydrogens (tertiary/aromatic N) is 2. The van der Waals surface area contributed by atoms with Crippen molar-refractivity contribution >= 4 is 40.4 Å². The lowest BCUT2D eigenvalue weighted by atomic mass is 10.0. The van der Waals surface area contributed by atoms with Gasteiger partial charge in [0.2, 0.25) is 7.41 Å². The Morgan fingerprint density at radius 3 is 1.64 bits per heavy atom. The van der Waals surface area contributed by atoms with Crippen LogP contribution in [0.15, 0.2) is 164 Å². The molecule has 2 heterocycles. The Kier molecular flexibility index (Phi) is 6.90. The molecule has 0 saturated heterocycles. The van der Waals surface area contributed by atoms with Crippen LogP contribution in [0.5, 0.6) is 0 Å². The third-order valence-electron chi connectivity index (χ3n) is 9.09. The number of anilines is 3. The monoisotopic (exact) mass is 603 g/mol. The van der Waals surface area contributed by atoms with Crippen molar-refractivity contribution < 1.29 is 0 Å². The number of hydrogen-bond donors (Lipinski definition) is 2. The van der Waals surface area contributed by atoms with Gasteiger partial charge in [-0.15, -0.1) is 0 Å². The van der Waals surface area contributed by atoms with Gasteiger partial charge in [0.25, 0.3) is 5.91 Å². The van der Waals surface area contributed by atoms with E-state index in [4.69, 9.17) is 0 Å². The molecule has 5 heteroatoms. The van der Waals surface area contributed by atoms with Gasteiger partial charge in [0.1, 0.15) is 15.9 Å². The maximum atomic E-state index is 4.15. The molecule has 0 aromatic heterocycles. The number of para-hydroxylation sites is 2. The van der Waals surface area contributed by atoms with Crippen LogP contribution in [0.25, 0.3) is 0 Å². The van der Waals surface area contributed by atoms with E-state index >= 15 is 0 Å². The third kappa shape index (κ3) is 4.52. The molecule has 0 radical (unpaired) electrons. The maximum absolute atomic E-state index is 4.15. The van der Waals surface area contributed by atoms with Crippen LogP contribution in [0.3, 0.4) is 0 Å². The Hall–Kier alpha value is -4.89. The zero-order valence-corrected chi connectivity index (χ0v) is 26.2. The summed E-state index contributed by atoms with van der Waals surface area (Å²) in [6.45, 7) is 3.74. The minimum absolute atomic E-state index is 0.797. The van der Waals surface area contributed by atoms with Crippen LogP contribution in [0.2, 0.25) is 0 Å². The summed E-state index contributed by atoms with van der Waals surface area (Å²) in [4.78, 5) is 2.58. The van der Waals surface area contributed by atoms with Crippen LogP contribution in [0.1, 0.15) is 16.7 Å². The molecule has 45 heavy (non-hydrogen) atoms. The molecule has 0 fully saturated rings. The summed E-state index contributed by atoms with van der Waals surface area (Å²) in [6, 6.07) is 60.0. The van der Waals surface area contributed by atoms with Crippen molar-refractivity contribution in [1.82, 2.24) is 4.90 Å². The highest BCUT2D eigenvalue weighted by molar-refractivity contribution is 7.97. The number of aryl methyl sites for hydroxylation is 1. The highest BCUT2D eigenvalue weighted by Crippen LogP contribution is 2.65. The summed E-state index contributed by atoms with van der Waals surface area (Å²) in [7, 11) is -2.61. The smallest absolute Gasteiger partial charge is 0.283 e. The van der Waals surface area contributed by atoms with Crippen LogP contribution < -0.4 is 31.2 Å². The molecule has 1 atom stereocenters. The third-order valence-corrected chi connectivity index (χ3v) is 13.3. The number of benzene rings is 6. The quantitative estimate of drug-likeness (QED) is 0.190. The van der Waals surface area contributed by atoms with E-state index in [1.807, 2.05) is 0 Å². The van der Waals surface area contributed by atoms with E-state index in [1.165, 1.54) is 38.3 Å². The van der Waals surface area contributed by atoms with Crippen molar-refractivity contribution in [3.05, 3.63) is 180 Å². The van der Waals surface area contributed by atoms with Gasteiger partial charge in [0.15, 0.2) is 0 Å². The summed E-state index contributed by atoms with van der Waals surface area (Å²) in [5.74, 6) is -0.812. The second-order valence-electron chi connectivity index (χ2n) is 11.9. The van der Waals surface area contributed by atoms with E-state index < -0.39 is 13.3 Å². The van der Waals surface area contributed by atoms with Crippen molar-refractivity contribution in [2.24, 2.45) is 0 Å². The topological polar surface area (TPSA) is 30.5 Å². The second kappa shape index (κ2) is 11.2. The molecule has 0 aliphatic carbocycles. The highest BCUT2D eigenvalue weighted by atomic mass is 31.2. The van der Waals surface area contributed by atoms with E-state index in [0.717, 1.165) is 24.5 Å². The lowest BCUT2D eigenvalue weighted by Crippen LogP contribution is -2.74. The molecule has 2 N–H and O–H groups in total. The van der Waals surface area contributed by atoms with Gasteiger partial charge in [-0.1, -0.05) is 109 Å². The normalized spacial score (nSPS) is 17.4. The van der Waals surface area contributed by atoms with E-state index in [2.05, 4.69) is 191 Å². The first-order valence-electron chi connectivity index (χ1n) is 15.6. The first-order valence-corrected chi connectivity index (χ1v) is 17.3. The maximum Gasteiger partial charge on any atom is 0.283 e. The fourth-order valence-corrected chi connectivity index (χ4v) is 11.6. The summed E-state index contributed by atoms with van der Waals surface area (Å²) in [5.41, 5.74) is 7.28. The van der Waals surface area contributed by atoms with E-state index in [1.54, 1.807) is 0 Å². The van der Waals surface area contributed by atoms with Crippen molar-refractivity contribution in [3.8, 4) is 0 Å². The predicted octanol–water partition coefficient (Wildman–Crippen LogP) is 7.88. The second-order valence-corrected chi connectivity index (χ2v) is 15.1. The van der Waals surface area contributed by atoms with Crippen molar-refractivity contribution in [2.75, 3.05) is 15.3 Å². The minimum atomic E-state index is -2.61. The summed E-state index contributed by atoms with van der Waals surface area (Å²) in [6.07, 6.45) is 0. The van der Waals surface area contributed by atoms with Gasteiger partial charge in [0.05, 0.1) is 5.69 Å². The van der Waals surface area contributed by atoms with Crippen LogP contribution in [-0.2, 0) is 13.1 Å². The summed E-state index contributed by atoms with van der Waals surface area (Å²) < 4.78 is 2.73. The molecule has 8 rings (SSSR count). The largest absolute Gasteiger partial charge is 0.330 e. The van der Waals surface area contributed by atoms with Crippen molar-refractivity contribution in [1.29, 1.82) is 0 Å². The highest BCUT2D eigenvalue weighted by Gasteiger charge is 2.65. The lowest BCUT2D eigenvalue weighted by molar-refractivity contribution is 0.110. The molecule has 0 amide bonds. The SMILES string of the molecule is Cc1ccc(NC23Nc4ccccc4CN2Cc2ccccc2N3[P+](c2ccccc2)(c2ccccc2)c2ccccc2)cc1. The number of rotatable bonds is 6. The first kappa shape index (κ1) is 27.6. The van der Waals surface area contributed by atoms with Crippen LogP contribution in [0, 0.1) is 6.92 Å². The van der Waals surface area contributed by atoms with Gasteiger partial charge < -0.3 is 10.6 Å². The summed E-state index contributed by atoms with van der Waals surface area (Å²) >= 11 is 0. The fraction of sp³-hybridized carbons (Fsp3) is 0.100. The van der Waals surface area contributed by atoms with Gasteiger partial charge >= 0.3 is 0 Å². The van der Waals surface area contributed by atoms with Gasteiger partial charge in [-0.2, -0.15) is 4.67 Å². The molecule has 2 aliphatic rings. The molecule has 0 spiro atoms. The molecule has 220 valence electrons. The van der Waals surface area contributed by atoms with Crippen LogP contribution >= 0.6 is 7.41 Å². The molecule has 6 aromatic carbocycles. The minimum Gasteiger partial charge on any atom is -0.330 e. The predicted molar refractivity (Wildman–Crippen MR) is 191 cm³/mol. The number of nitrogens with one attached hydrogen (secondary N) is 2. The molecular formula is C40H36N4P+. The summed E-state index contributed by atoms with van der Waals surface area (Å²) in [5, 5.41) is 12.2. The van der Waals surface area contributed by atoms with Crippen LogP contribution in [-0.4, -0.2) is 10.8 Å². The van der Waals surface area contributed by atoms with E-state index in [0.29, 0.717) is 0 Å². The molecule has 0 saturated carbocycles. The number of hydrogen-bond acceptors (Lipinski definition) is 4. The Balaban J connectivity index is 1.52. The zero-order valence-electron chi connectivity index (χ0n) is 25.3. The molecular weight excluding hydrogens is 567 g/mol. The molecule has 6 aromatic rings. The first-order chi connectivity index (χ1) is 22.2. The standard InChI is InChI=1S/C40H36N4P/c1-31-25-27-34(28-26-31)41-40-42-38-23-13-11-15-32(38)29-43(40)30-33-16-12-14-24-39(33)44(40)45(35-17-5-2-6-18-35,36-19-7-3-8-20-36)37-21-9-4-10-22-37/h2-28,41-42H,29-30H2,1H3/q+1.